The number of carbonyl (C=O) groups is 2. The average Bonchev–Trinajstić information content (AvgIpc) is 3.02. The highest BCUT2D eigenvalue weighted by Crippen LogP contribution is 2.38. The molecule has 0 aliphatic heterocycles. The number of nitrogens with one attached hydrogen (secondary N) is 1. The summed E-state index contributed by atoms with van der Waals surface area (Å²) in [6.45, 7) is 0.515. The number of hydrogen-bond donors (Lipinski definition) is 1. The van der Waals surface area contributed by atoms with Crippen molar-refractivity contribution in [1.29, 1.82) is 0 Å². The van der Waals surface area contributed by atoms with E-state index in [0.717, 1.165) is 22.6 Å². The van der Waals surface area contributed by atoms with Gasteiger partial charge in [0, 0.05) is 20.0 Å². The van der Waals surface area contributed by atoms with Gasteiger partial charge in [0.05, 0.1) is 21.2 Å². The van der Waals surface area contributed by atoms with E-state index >= 15 is 0 Å². The first-order valence-electron chi connectivity index (χ1n) is 14.0. The summed E-state index contributed by atoms with van der Waals surface area (Å²) in [6, 6.07) is 20.9. The highest BCUT2D eigenvalue weighted by atomic mass is 35.5. The van der Waals surface area contributed by atoms with E-state index in [1.165, 1.54) is 55.6 Å². The Morgan fingerprint density at radius 3 is 2.11 bits per heavy atom. The summed E-state index contributed by atoms with van der Waals surface area (Å²) in [6.07, 6.45) is -4.90. The number of sulfonamides is 1. The topological polar surface area (TPSA) is 86.8 Å². The van der Waals surface area contributed by atoms with Gasteiger partial charge in [-0.3, -0.25) is 13.9 Å². The van der Waals surface area contributed by atoms with Crippen LogP contribution in [0.5, 0.6) is 0 Å². The Hall–Kier alpha value is -4.42. The predicted molar refractivity (Wildman–Crippen MR) is 167 cm³/mol. The second kappa shape index (κ2) is 14.3. The summed E-state index contributed by atoms with van der Waals surface area (Å²) < 4.78 is 83.9. The lowest BCUT2D eigenvalue weighted by molar-refractivity contribution is -0.139. The number of benzene rings is 4. The lowest BCUT2D eigenvalue weighted by atomic mass is 10.0. The van der Waals surface area contributed by atoms with Crippen LogP contribution in [-0.4, -0.2) is 44.8 Å². The molecular formula is C33H30ClF4N3O4S. The molecule has 0 bridgehead atoms. The van der Waals surface area contributed by atoms with Gasteiger partial charge in [-0.2, -0.15) is 13.2 Å². The number of aryl methyl sites for hydroxylation is 1. The first-order chi connectivity index (χ1) is 21.7. The molecule has 13 heteroatoms. The SMILES string of the molecule is CNC(=O)[C@@H](Cc1ccccc1)N(Cc1ccc(F)cc1)C(=O)CN(c1ccc(Cl)c(C(F)(F)F)c1)S(=O)(=O)c1ccc(C)cc1. The van der Waals surface area contributed by atoms with E-state index in [-0.39, 0.29) is 17.9 Å². The second-order valence-corrected chi connectivity index (χ2v) is 12.7. The maximum atomic E-state index is 14.2. The fourth-order valence-electron chi connectivity index (χ4n) is 4.76. The predicted octanol–water partition coefficient (Wildman–Crippen LogP) is 6.39. The maximum Gasteiger partial charge on any atom is 0.417 e. The summed E-state index contributed by atoms with van der Waals surface area (Å²) in [5.41, 5.74) is 0.0815. The van der Waals surface area contributed by atoms with Crippen LogP contribution in [0.4, 0.5) is 23.2 Å². The van der Waals surface area contributed by atoms with E-state index in [9.17, 15) is 35.6 Å². The minimum atomic E-state index is -4.93. The molecule has 1 N–H and O–H groups in total. The zero-order valence-corrected chi connectivity index (χ0v) is 26.3. The van der Waals surface area contributed by atoms with Crippen molar-refractivity contribution in [1.82, 2.24) is 10.2 Å². The van der Waals surface area contributed by atoms with Gasteiger partial charge in [-0.15, -0.1) is 0 Å². The van der Waals surface area contributed by atoms with Crippen molar-refractivity contribution < 1.29 is 35.6 Å². The standard InChI is InChI=1S/C33H30ClF4N3O4S/c1-22-8-15-27(16-9-22)46(44,45)41(26-14-17-29(34)28(19-26)33(36,37)38)21-31(42)40(20-24-10-12-25(35)13-11-24)30(32(43)39-2)18-23-6-4-3-5-7-23/h3-17,19,30H,18,20-21H2,1-2H3,(H,39,43)/t30-/m1/s1. The number of likely N-dealkylation sites (N-methyl/N-ethyl adjacent to an activating group) is 1. The smallest absolute Gasteiger partial charge is 0.357 e. The third-order valence-corrected chi connectivity index (χ3v) is 9.33. The van der Waals surface area contributed by atoms with E-state index in [1.54, 1.807) is 37.3 Å². The Morgan fingerprint density at radius 1 is 0.891 bits per heavy atom. The molecule has 4 rings (SSSR count). The third-order valence-electron chi connectivity index (χ3n) is 7.21. The number of amides is 2. The van der Waals surface area contributed by atoms with E-state index in [0.29, 0.717) is 21.5 Å². The van der Waals surface area contributed by atoms with Crippen LogP contribution >= 0.6 is 11.6 Å². The van der Waals surface area contributed by atoms with Crippen molar-refractivity contribution in [2.45, 2.75) is 37.0 Å². The monoisotopic (exact) mass is 675 g/mol. The maximum absolute atomic E-state index is 14.2. The van der Waals surface area contributed by atoms with Crippen LogP contribution in [-0.2, 0) is 38.8 Å². The van der Waals surface area contributed by atoms with Gasteiger partial charge in [-0.05, 0) is 60.5 Å². The van der Waals surface area contributed by atoms with Gasteiger partial charge in [0.25, 0.3) is 10.0 Å². The van der Waals surface area contributed by atoms with E-state index in [4.69, 9.17) is 11.6 Å². The van der Waals surface area contributed by atoms with Gasteiger partial charge in [0.15, 0.2) is 0 Å². The highest BCUT2D eigenvalue weighted by Gasteiger charge is 2.37. The summed E-state index contributed by atoms with van der Waals surface area (Å²) in [5.74, 6) is -2.00. The van der Waals surface area contributed by atoms with Crippen LogP contribution in [0.2, 0.25) is 5.02 Å². The Kier molecular flexibility index (Phi) is 10.7. The number of carbonyl (C=O) groups excluding carboxylic acids is 2. The molecule has 0 fully saturated rings. The van der Waals surface area contributed by atoms with Crippen molar-refractivity contribution in [3.8, 4) is 0 Å². The van der Waals surface area contributed by atoms with Crippen LogP contribution in [0.3, 0.4) is 0 Å². The minimum absolute atomic E-state index is 0.0251. The quantitative estimate of drug-likeness (QED) is 0.187. The Labute approximate surface area is 269 Å². The van der Waals surface area contributed by atoms with Crippen LogP contribution in [0.1, 0.15) is 22.3 Å². The largest absolute Gasteiger partial charge is 0.417 e. The van der Waals surface area contributed by atoms with Gasteiger partial charge in [0.2, 0.25) is 11.8 Å². The zero-order chi connectivity index (χ0) is 33.6. The molecule has 1 atom stereocenters. The fourth-order valence-corrected chi connectivity index (χ4v) is 6.39. The molecule has 0 radical (unpaired) electrons. The Balaban J connectivity index is 1.84. The van der Waals surface area contributed by atoms with Gasteiger partial charge < -0.3 is 10.2 Å². The molecule has 0 heterocycles. The van der Waals surface area contributed by atoms with Crippen molar-refractivity contribution in [2.75, 3.05) is 17.9 Å². The third kappa shape index (κ3) is 8.24. The van der Waals surface area contributed by atoms with Gasteiger partial charge in [-0.25, -0.2) is 12.8 Å². The second-order valence-electron chi connectivity index (χ2n) is 10.5. The van der Waals surface area contributed by atoms with Gasteiger partial charge in [-0.1, -0.05) is 71.8 Å². The summed E-state index contributed by atoms with van der Waals surface area (Å²) in [4.78, 5) is 28.4. The van der Waals surface area contributed by atoms with E-state index < -0.39 is 62.7 Å². The molecule has 2 amide bonds. The molecule has 0 spiro atoms. The zero-order valence-electron chi connectivity index (χ0n) is 24.8. The molecule has 0 aromatic heterocycles. The Bertz CT molecular complexity index is 1790. The van der Waals surface area contributed by atoms with Crippen molar-refractivity contribution in [3.63, 3.8) is 0 Å². The van der Waals surface area contributed by atoms with Crippen molar-refractivity contribution in [3.05, 3.63) is 130 Å². The number of nitrogens with zero attached hydrogens (tertiary/aromatic N) is 2. The molecule has 0 aliphatic carbocycles. The van der Waals surface area contributed by atoms with Crippen LogP contribution < -0.4 is 9.62 Å². The number of anilines is 1. The van der Waals surface area contributed by atoms with Crippen LogP contribution in [0.25, 0.3) is 0 Å². The first-order valence-corrected chi connectivity index (χ1v) is 15.8. The molecule has 4 aromatic carbocycles. The molecule has 0 saturated carbocycles. The van der Waals surface area contributed by atoms with E-state index in [1.807, 2.05) is 0 Å². The molecular weight excluding hydrogens is 646 g/mol. The Morgan fingerprint density at radius 2 is 1.52 bits per heavy atom. The normalized spacial score (nSPS) is 12.3. The molecule has 4 aromatic rings. The summed E-state index contributed by atoms with van der Waals surface area (Å²) in [5, 5.41) is 1.87. The van der Waals surface area contributed by atoms with Crippen LogP contribution in [0.15, 0.2) is 102 Å². The minimum Gasteiger partial charge on any atom is -0.357 e. The lowest BCUT2D eigenvalue weighted by Gasteiger charge is -2.33. The molecule has 242 valence electrons. The van der Waals surface area contributed by atoms with Crippen LogP contribution in [0, 0.1) is 12.7 Å². The number of alkyl halides is 3. The average molecular weight is 676 g/mol. The van der Waals surface area contributed by atoms with Gasteiger partial charge in [0.1, 0.15) is 18.4 Å². The van der Waals surface area contributed by atoms with E-state index in [2.05, 4.69) is 5.32 Å². The van der Waals surface area contributed by atoms with Gasteiger partial charge >= 0.3 is 6.18 Å². The lowest BCUT2D eigenvalue weighted by Crippen LogP contribution is -2.53. The molecule has 0 unspecified atom stereocenters. The van der Waals surface area contributed by atoms with Crippen molar-refractivity contribution in [2.24, 2.45) is 0 Å². The molecule has 7 nitrogen and oxygen atoms in total. The number of rotatable bonds is 11. The molecule has 0 aliphatic rings. The molecule has 46 heavy (non-hydrogen) atoms. The summed E-state index contributed by atoms with van der Waals surface area (Å²) in [7, 11) is -3.26. The summed E-state index contributed by atoms with van der Waals surface area (Å²) >= 11 is 5.83. The number of halogens is 5. The highest BCUT2D eigenvalue weighted by molar-refractivity contribution is 7.92. The van der Waals surface area contributed by atoms with Crippen molar-refractivity contribution >= 4 is 39.1 Å². The fraction of sp³-hybridized carbons (Fsp3) is 0.212. The molecule has 0 saturated heterocycles. The first kappa shape index (κ1) is 34.5. The number of hydrogen-bond acceptors (Lipinski definition) is 4.